The molecule has 8 heteroatoms. The van der Waals surface area contributed by atoms with E-state index in [9.17, 15) is 14.0 Å². The van der Waals surface area contributed by atoms with Gasteiger partial charge in [0.2, 0.25) is 0 Å². The van der Waals surface area contributed by atoms with Gasteiger partial charge < -0.3 is 4.57 Å². The van der Waals surface area contributed by atoms with E-state index < -0.39 is 5.82 Å². The predicted molar refractivity (Wildman–Crippen MR) is 113 cm³/mol. The number of rotatable bonds is 5. The van der Waals surface area contributed by atoms with Gasteiger partial charge in [-0.05, 0) is 42.5 Å². The normalized spacial score (nSPS) is 11.1. The Morgan fingerprint density at radius 1 is 1.17 bits per heavy atom. The molecule has 0 aliphatic carbocycles. The molecular formula is C21H15ClFN3O2S. The summed E-state index contributed by atoms with van der Waals surface area (Å²) in [6, 6.07) is 14.5. The van der Waals surface area contributed by atoms with E-state index in [-0.39, 0.29) is 22.1 Å². The van der Waals surface area contributed by atoms with Crippen LogP contribution in [0.2, 0.25) is 5.02 Å². The summed E-state index contributed by atoms with van der Waals surface area (Å²) in [5, 5.41) is 0.656. The SMILES string of the molecule is Cn1cccc1C(=O)CSc1nc2ccccc2c(=O)n1-c1ccc(F)c(Cl)c1. The Morgan fingerprint density at radius 3 is 2.69 bits per heavy atom. The predicted octanol–water partition coefficient (Wildman–Crippen LogP) is 4.49. The summed E-state index contributed by atoms with van der Waals surface area (Å²) >= 11 is 7.07. The van der Waals surface area contributed by atoms with Gasteiger partial charge in [0.25, 0.3) is 5.56 Å². The minimum absolute atomic E-state index is 0.0893. The van der Waals surface area contributed by atoms with Crippen molar-refractivity contribution in [1.82, 2.24) is 14.1 Å². The van der Waals surface area contributed by atoms with Crippen molar-refractivity contribution in [2.45, 2.75) is 5.16 Å². The lowest BCUT2D eigenvalue weighted by atomic mass is 10.2. The van der Waals surface area contributed by atoms with E-state index >= 15 is 0 Å². The second kappa shape index (κ2) is 7.85. The van der Waals surface area contributed by atoms with Gasteiger partial charge >= 0.3 is 0 Å². The summed E-state index contributed by atoms with van der Waals surface area (Å²) in [5.41, 5.74) is 1.16. The van der Waals surface area contributed by atoms with Gasteiger partial charge in [0, 0.05) is 13.2 Å². The minimum Gasteiger partial charge on any atom is -0.348 e. The van der Waals surface area contributed by atoms with Crippen LogP contribution in [0, 0.1) is 5.82 Å². The van der Waals surface area contributed by atoms with Crippen LogP contribution in [-0.2, 0) is 7.05 Å². The second-order valence-corrected chi connectivity index (χ2v) is 7.72. The maximum absolute atomic E-state index is 13.6. The van der Waals surface area contributed by atoms with Crippen LogP contribution in [0.25, 0.3) is 16.6 Å². The van der Waals surface area contributed by atoms with E-state index in [1.165, 1.54) is 22.8 Å². The smallest absolute Gasteiger partial charge is 0.266 e. The molecular weight excluding hydrogens is 413 g/mol. The molecule has 0 aliphatic heterocycles. The number of carbonyl (C=O) groups is 1. The van der Waals surface area contributed by atoms with Crippen molar-refractivity contribution in [2.75, 3.05) is 5.75 Å². The molecule has 146 valence electrons. The monoisotopic (exact) mass is 427 g/mol. The van der Waals surface area contributed by atoms with Crippen molar-refractivity contribution in [3.63, 3.8) is 0 Å². The Kier molecular flexibility index (Phi) is 5.25. The number of carbonyl (C=O) groups excluding carboxylic acids is 1. The highest BCUT2D eigenvalue weighted by Gasteiger charge is 2.17. The Balaban J connectivity index is 1.81. The highest BCUT2D eigenvalue weighted by atomic mass is 35.5. The van der Waals surface area contributed by atoms with Crippen molar-refractivity contribution in [3.8, 4) is 5.69 Å². The average Bonchev–Trinajstić information content (AvgIpc) is 3.14. The number of nitrogens with zero attached hydrogens (tertiary/aromatic N) is 3. The van der Waals surface area contributed by atoms with Crippen molar-refractivity contribution in [1.29, 1.82) is 0 Å². The van der Waals surface area contributed by atoms with Gasteiger partial charge in [-0.25, -0.2) is 9.37 Å². The molecule has 2 aromatic carbocycles. The van der Waals surface area contributed by atoms with Crippen molar-refractivity contribution >= 4 is 40.0 Å². The molecule has 4 rings (SSSR count). The fourth-order valence-corrected chi connectivity index (χ4v) is 4.08. The second-order valence-electron chi connectivity index (χ2n) is 6.37. The molecule has 0 spiro atoms. The molecule has 0 saturated heterocycles. The van der Waals surface area contributed by atoms with Gasteiger partial charge in [0.15, 0.2) is 10.9 Å². The number of Topliss-reactive ketones (excluding diaryl/α,β-unsaturated/α-hetero) is 1. The Hall–Kier alpha value is -2.90. The van der Waals surface area contributed by atoms with Crippen molar-refractivity contribution in [3.05, 3.63) is 87.7 Å². The molecule has 0 fully saturated rings. The van der Waals surface area contributed by atoms with E-state index in [2.05, 4.69) is 4.98 Å². The maximum Gasteiger partial charge on any atom is 0.266 e. The topological polar surface area (TPSA) is 56.9 Å². The number of fused-ring (bicyclic) bond motifs is 1. The summed E-state index contributed by atoms with van der Waals surface area (Å²) in [7, 11) is 1.79. The van der Waals surface area contributed by atoms with Gasteiger partial charge in [-0.1, -0.05) is 35.5 Å². The van der Waals surface area contributed by atoms with Crippen molar-refractivity contribution < 1.29 is 9.18 Å². The molecule has 0 saturated carbocycles. The number of ketones is 1. The van der Waals surface area contributed by atoms with E-state index in [4.69, 9.17) is 11.6 Å². The molecule has 0 amide bonds. The molecule has 5 nitrogen and oxygen atoms in total. The highest BCUT2D eigenvalue weighted by Crippen LogP contribution is 2.25. The number of thioether (sulfide) groups is 1. The molecule has 0 N–H and O–H groups in total. The first-order chi connectivity index (χ1) is 14.0. The molecule has 0 unspecified atom stereocenters. The molecule has 29 heavy (non-hydrogen) atoms. The number of para-hydroxylation sites is 1. The van der Waals surface area contributed by atoms with Crippen molar-refractivity contribution in [2.24, 2.45) is 7.05 Å². The Bertz CT molecular complexity index is 1300. The van der Waals surface area contributed by atoms with Gasteiger partial charge in [0.05, 0.1) is 33.1 Å². The maximum atomic E-state index is 13.6. The number of aryl methyl sites for hydroxylation is 1. The summed E-state index contributed by atoms with van der Waals surface area (Å²) in [5.74, 6) is -0.573. The summed E-state index contributed by atoms with van der Waals surface area (Å²) in [4.78, 5) is 30.3. The first kappa shape index (κ1) is 19.4. The lowest BCUT2D eigenvalue weighted by Gasteiger charge is -2.13. The highest BCUT2D eigenvalue weighted by molar-refractivity contribution is 7.99. The summed E-state index contributed by atoms with van der Waals surface area (Å²) in [6.45, 7) is 0. The summed E-state index contributed by atoms with van der Waals surface area (Å²) < 4.78 is 16.7. The third-order valence-corrected chi connectivity index (χ3v) is 5.70. The van der Waals surface area contributed by atoms with Gasteiger partial charge in [-0.3, -0.25) is 14.2 Å². The minimum atomic E-state index is -0.578. The van der Waals surface area contributed by atoms with Gasteiger partial charge in [-0.2, -0.15) is 0 Å². The summed E-state index contributed by atoms with van der Waals surface area (Å²) in [6.07, 6.45) is 1.79. The first-order valence-electron chi connectivity index (χ1n) is 8.70. The van der Waals surface area contributed by atoms with Crippen LogP contribution < -0.4 is 5.56 Å². The third kappa shape index (κ3) is 3.71. The van der Waals surface area contributed by atoms with Crippen LogP contribution in [0.4, 0.5) is 4.39 Å². The number of aromatic nitrogens is 3. The number of hydrogen-bond acceptors (Lipinski definition) is 4. The van der Waals surface area contributed by atoms with Crippen LogP contribution in [0.1, 0.15) is 10.5 Å². The molecule has 0 radical (unpaired) electrons. The van der Waals surface area contributed by atoms with Gasteiger partial charge in [-0.15, -0.1) is 0 Å². The van der Waals surface area contributed by atoms with E-state index in [1.807, 2.05) is 0 Å². The third-order valence-electron chi connectivity index (χ3n) is 4.47. The largest absolute Gasteiger partial charge is 0.348 e. The Morgan fingerprint density at radius 2 is 1.97 bits per heavy atom. The standard InChI is InChI=1S/C21H15ClFN3O2S/c1-25-10-4-7-18(25)19(27)12-29-21-24-17-6-3-2-5-14(17)20(28)26(21)13-8-9-16(23)15(22)11-13/h2-11H,12H2,1H3. The zero-order valence-corrected chi connectivity index (χ0v) is 16.9. The van der Waals surface area contributed by atoms with E-state index in [0.717, 1.165) is 11.8 Å². The lowest BCUT2D eigenvalue weighted by Crippen LogP contribution is -2.22. The van der Waals surface area contributed by atoms with Gasteiger partial charge in [0.1, 0.15) is 5.82 Å². The zero-order valence-electron chi connectivity index (χ0n) is 15.3. The van der Waals surface area contributed by atoms with Crippen LogP contribution in [0.15, 0.2) is 70.7 Å². The van der Waals surface area contributed by atoms with Crippen LogP contribution in [-0.4, -0.2) is 25.7 Å². The molecule has 0 bridgehead atoms. The fourth-order valence-electron chi connectivity index (χ4n) is 3.02. The average molecular weight is 428 g/mol. The fraction of sp³-hybridized carbons (Fsp3) is 0.0952. The quantitative estimate of drug-likeness (QED) is 0.267. The molecule has 0 aliphatic rings. The Labute approximate surface area is 174 Å². The van der Waals surface area contributed by atoms with E-state index in [1.54, 1.807) is 54.2 Å². The van der Waals surface area contributed by atoms with Crippen LogP contribution in [0.3, 0.4) is 0 Å². The molecule has 4 aromatic rings. The van der Waals surface area contributed by atoms with E-state index in [0.29, 0.717) is 27.4 Å². The number of hydrogen-bond donors (Lipinski definition) is 0. The zero-order chi connectivity index (χ0) is 20.5. The molecule has 2 aromatic heterocycles. The first-order valence-corrected chi connectivity index (χ1v) is 10.1. The molecule has 2 heterocycles. The molecule has 0 atom stereocenters. The van der Waals surface area contributed by atoms with Crippen LogP contribution >= 0.6 is 23.4 Å². The lowest BCUT2D eigenvalue weighted by molar-refractivity contribution is 0.101. The number of benzene rings is 2. The number of halogens is 2. The van der Waals surface area contributed by atoms with Crippen LogP contribution in [0.5, 0.6) is 0 Å².